The quantitative estimate of drug-likeness (QED) is 0.794. The van der Waals surface area contributed by atoms with E-state index in [0.29, 0.717) is 0 Å². The van der Waals surface area contributed by atoms with Gasteiger partial charge in [0, 0.05) is 24.8 Å². The topological polar surface area (TPSA) is 34.1 Å². The zero-order valence-corrected chi connectivity index (χ0v) is 9.48. The number of aromatic nitrogens is 1. The van der Waals surface area contributed by atoms with Gasteiger partial charge in [0.1, 0.15) is 5.75 Å². The molecule has 0 radical (unpaired) electrons. The molecular formula is C13H18N2O. The second-order valence-electron chi connectivity index (χ2n) is 4.89. The fourth-order valence-corrected chi connectivity index (χ4v) is 1.68. The smallest absolute Gasteiger partial charge is 0.122 e. The maximum absolute atomic E-state index is 5.73. The van der Waals surface area contributed by atoms with E-state index in [1.54, 1.807) is 0 Å². The Morgan fingerprint density at radius 1 is 1.31 bits per heavy atom. The summed E-state index contributed by atoms with van der Waals surface area (Å²) in [7, 11) is 0. The minimum atomic E-state index is 0.734. The van der Waals surface area contributed by atoms with Crippen molar-refractivity contribution >= 4 is 0 Å². The van der Waals surface area contributed by atoms with Gasteiger partial charge < -0.3 is 10.1 Å². The summed E-state index contributed by atoms with van der Waals surface area (Å²) in [6.45, 7) is 1.74. The minimum Gasteiger partial charge on any atom is -0.493 e. The predicted molar refractivity (Wildman–Crippen MR) is 62.3 cm³/mol. The van der Waals surface area contributed by atoms with Crippen LogP contribution in [-0.4, -0.2) is 17.6 Å². The van der Waals surface area contributed by atoms with Crippen molar-refractivity contribution in [2.45, 2.75) is 38.3 Å². The molecule has 3 heteroatoms. The molecule has 0 atom stereocenters. The first-order chi connectivity index (χ1) is 7.90. The Bertz CT molecular complexity index is 327. The van der Waals surface area contributed by atoms with Gasteiger partial charge in [-0.05, 0) is 37.7 Å². The molecule has 3 nitrogen and oxygen atoms in total. The van der Waals surface area contributed by atoms with E-state index >= 15 is 0 Å². The molecule has 0 amide bonds. The van der Waals surface area contributed by atoms with Crippen molar-refractivity contribution in [3.05, 3.63) is 24.0 Å². The number of hydrogen-bond donors (Lipinski definition) is 1. The highest BCUT2D eigenvalue weighted by atomic mass is 16.5. The third-order valence-corrected chi connectivity index (χ3v) is 3.12. The van der Waals surface area contributed by atoms with Crippen LogP contribution in [0.3, 0.4) is 0 Å². The number of nitrogens with one attached hydrogen (secondary N) is 1. The SMILES string of the molecule is c1cc(OCC2CC2)cc(CNC2CC2)n1. The van der Waals surface area contributed by atoms with Gasteiger partial charge in [0.15, 0.2) is 0 Å². The molecule has 3 rings (SSSR count). The molecule has 0 aliphatic heterocycles. The molecule has 0 unspecified atom stereocenters. The van der Waals surface area contributed by atoms with E-state index in [2.05, 4.69) is 16.4 Å². The van der Waals surface area contributed by atoms with E-state index in [9.17, 15) is 0 Å². The third-order valence-electron chi connectivity index (χ3n) is 3.12. The second-order valence-corrected chi connectivity index (χ2v) is 4.89. The molecule has 1 aromatic rings. The summed E-state index contributed by atoms with van der Waals surface area (Å²) in [6.07, 6.45) is 7.14. The molecule has 1 heterocycles. The Morgan fingerprint density at radius 2 is 2.19 bits per heavy atom. The Balaban J connectivity index is 1.52. The van der Waals surface area contributed by atoms with E-state index in [1.165, 1.54) is 25.7 Å². The number of pyridine rings is 1. The van der Waals surface area contributed by atoms with Gasteiger partial charge in [-0.3, -0.25) is 4.98 Å². The molecule has 0 saturated heterocycles. The minimum absolute atomic E-state index is 0.734. The van der Waals surface area contributed by atoms with Crippen LogP contribution in [0, 0.1) is 5.92 Å². The van der Waals surface area contributed by atoms with E-state index in [0.717, 1.165) is 36.6 Å². The van der Waals surface area contributed by atoms with Crippen LogP contribution in [0.5, 0.6) is 5.75 Å². The molecule has 86 valence electrons. The number of hydrogen-bond acceptors (Lipinski definition) is 3. The highest BCUT2D eigenvalue weighted by Gasteiger charge is 2.22. The highest BCUT2D eigenvalue weighted by Crippen LogP contribution is 2.29. The lowest BCUT2D eigenvalue weighted by Gasteiger charge is -2.07. The van der Waals surface area contributed by atoms with Crippen LogP contribution >= 0.6 is 0 Å². The second kappa shape index (κ2) is 4.42. The molecule has 2 aliphatic rings. The summed E-state index contributed by atoms with van der Waals surface area (Å²) in [4.78, 5) is 4.34. The standard InChI is InChI=1S/C13H18N2O/c1-2-10(1)9-16-13-5-6-14-12(7-13)8-15-11-3-4-11/h5-7,10-11,15H,1-4,8-9H2. The Kier molecular flexibility index (Phi) is 2.79. The van der Waals surface area contributed by atoms with Crippen molar-refractivity contribution in [1.29, 1.82) is 0 Å². The molecule has 0 aromatic carbocycles. The molecule has 1 N–H and O–H groups in total. The van der Waals surface area contributed by atoms with Crippen molar-refractivity contribution in [1.82, 2.24) is 10.3 Å². The van der Waals surface area contributed by atoms with Gasteiger partial charge in [0.2, 0.25) is 0 Å². The zero-order chi connectivity index (χ0) is 10.8. The van der Waals surface area contributed by atoms with Crippen LogP contribution < -0.4 is 10.1 Å². The molecule has 2 saturated carbocycles. The predicted octanol–water partition coefficient (Wildman–Crippen LogP) is 2.12. The summed E-state index contributed by atoms with van der Waals surface area (Å²) < 4.78 is 5.73. The van der Waals surface area contributed by atoms with Crippen molar-refractivity contribution < 1.29 is 4.74 Å². The van der Waals surface area contributed by atoms with E-state index in [-0.39, 0.29) is 0 Å². The monoisotopic (exact) mass is 218 g/mol. The average molecular weight is 218 g/mol. The number of ether oxygens (including phenoxy) is 1. The lowest BCUT2D eigenvalue weighted by Crippen LogP contribution is -2.16. The summed E-state index contributed by atoms with van der Waals surface area (Å²) in [5.74, 6) is 1.77. The summed E-state index contributed by atoms with van der Waals surface area (Å²) >= 11 is 0. The van der Waals surface area contributed by atoms with Crippen molar-refractivity contribution in [2.75, 3.05) is 6.61 Å². The molecular weight excluding hydrogens is 200 g/mol. The van der Waals surface area contributed by atoms with Gasteiger partial charge >= 0.3 is 0 Å². The van der Waals surface area contributed by atoms with Crippen LogP contribution in [0.1, 0.15) is 31.4 Å². The fraction of sp³-hybridized carbons (Fsp3) is 0.615. The van der Waals surface area contributed by atoms with Gasteiger partial charge in [-0.25, -0.2) is 0 Å². The van der Waals surface area contributed by atoms with Gasteiger partial charge in [-0.2, -0.15) is 0 Å². The largest absolute Gasteiger partial charge is 0.493 e. The molecule has 16 heavy (non-hydrogen) atoms. The van der Waals surface area contributed by atoms with Crippen molar-refractivity contribution in [3.63, 3.8) is 0 Å². The molecule has 2 fully saturated rings. The maximum Gasteiger partial charge on any atom is 0.122 e. The average Bonchev–Trinajstić information content (AvgIpc) is 3.17. The van der Waals surface area contributed by atoms with E-state index in [4.69, 9.17) is 4.74 Å². The number of nitrogens with zero attached hydrogens (tertiary/aromatic N) is 1. The normalized spacial score (nSPS) is 19.8. The van der Waals surface area contributed by atoms with Gasteiger partial charge in [-0.15, -0.1) is 0 Å². The van der Waals surface area contributed by atoms with Gasteiger partial charge in [-0.1, -0.05) is 0 Å². The first-order valence-corrected chi connectivity index (χ1v) is 6.21. The van der Waals surface area contributed by atoms with Gasteiger partial charge in [0.05, 0.1) is 12.3 Å². The van der Waals surface area contributed by atoms with Crippen molar-refractivity contribution in [3.8, 4) is 5.75 Å². The lowest BCUT2D eigenvalue weighted by molar-refractivity contribution is 0.299. The van der Waals surface area contributed by atoms with E-state index in [1.807, 2.05) is 12.3 Å². The van der Waals surface area contributed by atoms with Crippen molar-refractivity contribution in [2.24, 2.45) is 5.92 Å². The van der Waals surface area contributed by atoms with Crippen LogP contribution in [-0.2, 0) is 6.54 Å². The number of rotatable bonds is 6. The summed E-state index contributed by atoms with van der Waals surface area (Å²) in [5.41, 5.74) is 1.08. The third kappa shape index (κ3) is 2.95. The Labute approximate surface area is 96.2 Å². The van der Waals surface area contributed by atoms with Crippen LogP contribution in [0.2, 0.25) is 0 Å². The molecule has 0 bridgehead atoms. The first-order valence-electron chi connectivity index (χ1n) is 6.21. The molecule has 0 spiro atoms. The first kappa shape index (κ1) is 10.1. The zero-order valence-electron chi connectivity index (χ0n) is 9.48. The Morgan fingerprint density at radius 3 is 2.94 bits per heavy atom. The highest BCUT2D eigenvalue weighted by molar-refractivity contribution is 5.22. The van der Waals surface area contributed by atoms with E-state index < -0.39 is 0 Å². The maximum atomic E-state index is 5.73. The fourth-order valence-electron chi connectivity index (χ4n) is 1.68. The van der Waals surface area contributed by atoms with Crippen LogP contribution in [0.25, 0.3) is 0 Å². The van der Waals surface area contributed by atoms with Crippen LogP contribution in [0.15, 0.2) is 18.3 Å². The summed E-state index contributed by atoms with van der Waals surface area (Å²) in [5, 5.41) is 3.46. The summed E-state index contributed by atoms with van der Waals surface area (Å²) in [6, 6.07) is 4.73. The molecule has 1 aromatic heterocycles. The van der Waals surface area contributed by atoms with Gasteiger partial charge in [0.25, 0.3) is 0 Å². The van der Waals surface area contributed by atoms with Crippen LogP contribution in [0.4, 0.5) is 0 Å². The Hall–Kier alpha value is -1.09. The lowest BCUT2D eigenvalue weighted by atomic mass is 10.3. The molecule has 2 aliphatic carbocycles.